The topological polar surface area (TPSA) is 66.0 Å². The Labute approximate surface area is 160 Å². The number of furan rings is 1. The summed E-state index contributed by atoms with van der Waals surface area (Å²) < 4.78 is 44.1. The molecule has 1 heterocycles. The van der Waals surface area contributed by atoms with Crippen molar-refractivity contribution in [1.29, 1.82) is 5.26 Å². The molecule has 1 aromatic carbocycles. The highest BCUT2D eigenvalue weighted by Crippen LogP contribution is 2.32. The minimum atomic E-state index is -4.45. The van der Waals surface area contributed by atoms with Crippen LogP contribution in [-0.2, 0) is 11.0 Å². The number of rotatable bonds is 4. The molecule has 4 nitrogen and oxygen atoms in total. The number of amides is 1. The van der Waals surface area contributed by atoms with Crippen molar-refractivity contribution in [2.45, 2.75) is 44.3 Å². The monoisotopic (exact) mass is 388 g/mol. The predicted molar refractivity (Wildman–Crippen MR) is 97.8 cm³/mol. The number of carbonyl (C=O) groups is 1. The Morgan fingerprint density at radius 2 is 1.93 bits per heavy atom. The summed E-state index contributed by atoms with van der Waals surface area (Å²) in [6, 6.07) is 9.73. The van der Waals surface area contributed by atoms with Gasteiger partial charge in [-0.25, -0.2) is 0 Å². The lowest BCUT2D eigenvalue weighted by Crippen LogP contribution is -2.36. The molecule has 0 spiro atoms. The fourth-order valence-electron chi connectivity index (χ4n) is 3.24. The number of halogens is 3. The molecule has 0 bridgehead atoms. The standard InChI is InChI=1S/C21H19F3N2O2/c22-21(23,24)16-6-4-5-14(11-16)19-10-9-18(28-19)12-15(13-25)20(27)26-17-7-2-1-3-8-17/h4-6,9-12,17H,1-3,7-8H2,(H,26,27)/b15-12-. The van der Waals surface area contributed by atoms with Crippen LogP contribution in [0.5, 0.6) is 0 Å². The second-order valence-electron chi connectivity index (χ2n) is 6.76. The molecule has 1 aliphatic carbocycles. The first-order valence-corrected chi connectivity index (χ1v) is 9.07. The highest BCUT2D eigenvalue weighted by molar-refractivity contribution is 6.01. The van der Waals surface area contributed by atoms with Gasteiger partial charge in [0.05, 0.1) is 5.56 Å². The predicted octanol–water partition coefficient (Wildman–Crippen LogP) is 5.32. The first-order valence-electron chi connectivity index (χ1n) is 9.07. The van der Waals surface area contributed by atoms with Crippen LogP contribution >= 0.6 is 0 Å². The molecule has 0 radical (unpaired) electrons. The second-order valence-corrected chi connectivity index (χ2v) is 6.76. The van der Waals surface area contributed by atoms with Gasteiger partial charge >= 0.3 is 6.18 Å². The molecule has 0 unspecified atom stereocenters. The molecule has 1 aliphatic rings. The van der Waals surface area contributed by atoms with E-state index in [4.69, 9.17) is 4.42 Å². The number of nitrogens with one attached hydrogen (secondary N) is 1. The Hall–Kier alpha value is -3.01. The number of alkyl halides is 3. The zero-order chi connectivity index (χ0) is 20.1. The third-order valence-corrected chi connectivity index (χ3v) is 4.69. The van der Waals surface area contributed by atoms with Gasteiger partial charge in [-0.3, -0.25) is 4.79 Å². The van der Waals surface area contributed by atoms with Gasteiger partial charge in [0.15, 0.2) is 0 Å². The van der Waals surface area contributed by atoms with Crippen molar-refractivity contribution < 1.29 is 22.4 Å². The average Bonchev–Trinajstić information content (AvgIpc) is 3.15. The fourth-order valence-corrected chi connectivity index (χ4v) is 3.24. The molecule has 1 fully saturated rings. The van der Waals surface area contributed by atoms with E-state index >= 15 is 0 Å². The Balaban J connectivity index is 1.77. The zero-order valence-corrected chi connectivity index (χ0v) is 15.1. The summed E-state index contributed by atoms with van der Waals surface area (Å²) in [5.41, 5.74) is -0.613. The molecule has 0 atom stereocenters. The number of benzene rings is 1. The highest BCUT2D eigenvalue weighted by Gasteiger charge is 2.30. The zero-order valence-electron chi connectivity index (χ0n) is 15.1. The Kier molecular flexibility index (Phi) is 5.88. The van der Waals surface area contributed by atoms with Crippen molar-refractivity contribution in [3.05, 3.63) is 53.3 Å². The molecule has 2 aromatic rings. The highest BCUT2D eigenvalue weighted by atomic mass is 19.4. The maximum Gasteiger partial charge on any atom is 0.416 e. The Bertz CT molecular complexity index is 916. The average molecular weight is 388 g/mol. The summed E-state index contributed by atoms with van der Waals surface area (Å²) in [7, 11) is 0. The SMILES string of the molecule is N#C/C(=C/c1ccc(-c2cccc(C(F)(F)F)c2)o1)C(=O)NC1CCCCC1. The minimum Gasteiger partial charge on any atom is -0.457 e. The lowest BCUT2D eigenvalue weighted by molar-refractivity contribution is -0.137. The molecule has 1 aromatic heterocycles. The minimum absolute atomic E-state index is 0.0651. The van der Waals surface area contributed by atoms with Crippen LogP contribution in [0.2, 0.25) is 0 Å². The van der Waals surface area contributed by atoms with Gasteiger partial charge in [0.2, 0.25) is 0 Å². The molecular formula is C21H19F3N2O2. The van der Waals surface area contributed by atoms with Gasteiger partial charge in [-0.2, -0.15) is 18.4 Å². The van der Waals surface area contributed by atoms with Crippen molar-refractivity contribution in [1.82, 2.24) is 5.32 Å². The van der Waals surface area contributed by atoms with E-state index in [2.05, 4.69) is 5.32 Å². The Morgan fingerprint density at radius 1 is 1.18 bits per heavy atom. The first kappa shape index (κ1) is 19.7. The summed E-state index contributed by atoms with van der Waals surface area (Å²) in [5.74, 6) is -0.0171. The molecule has 3 rings (SSSR count). The third-order valence-electron chi connectivity index (χ3n) is 4.69. The van der Waals surface area contributed by atoms with E-state index in [9.17, 15) is 23.2 Å². The van der Waals surface area contributed by atoms with Crippen LogP contribution in [-0.4, -0.2) is 11.9 Å². The van der Waals surface area contributed by atoms with Gasteiger partial charge < -0.3 is 9.73 Å². The van der Waals surface area contributed by atoms with Gasteiger partial charge in [0, 0.05) is 17.7 Å². The maximum atomic E-state index is 12.9. The molecular weight excluding hydrogens is 369 g/mol. The third kappa shape index (κ3) is 4.83. The van der Waals surface area contributed by atoms with E-state index in [0.717, 1.165) is 44.2 Å². The number of nitrogens with zero attached hydrogens (tertiary/aromatic N) is 1. The molecule has 1 saturated carbocycles. The second kappa shape index (κ2) is 8.34. The molecule has 7 heteroatoms. The van der Waals surface area contributed by atoms with Crippen LogP contribution in [0.4, 0.5) is 13.2 Å². The molecule has 1 N–H and O–H groups in total. The maximum absolute atomic E-state index is 12.9. The van der Waals surface area contributed by atoms with Crippen LogP contribution in [0.25, 0.3) is 17.4 Å². The van der Waals surface area contributed by atoms with E-state index in [1.165, 1.54) is 30.3 Å². The van der Waals surface area contributed by atoms with E-state index in [0.29, 0.717) is 0 Å². The lowest BCUT2D eigenvalue weighted by Gasteiger charge is -2.22. The smallest absolute Gasteiger partial charge is 0.416 e. The summed E-state index contributed by atoms with van der Waals surface area (Å²) >= 11 is 0. The largest absolute Gasteiger partial charge is 0.457 e. The van der Waals surface area contributed by atoms with Crippen molar-refractivity contribution in [3.63, 3.8) is 0 Å². The van der Waals surface area contributed by atoms with Crippen LogP contribution in [0.3, 0.4) is 0 Å². The van der Waals surface area contributed by atoms with E-state index in [1.807, 2.05) is 6.07 Å². The molecule has 0 aliphatic heterocycles. The van der Waals surface area contributed by atoms with Gasteiger partial charge in [-0.15, -0.1) is 0 Å². The van der Waals surface area contributed by atoms with Crippen molar-refractivity contribution in [2.75, 3.05) is 0 Å². The van der Waals surface area contributed by atoms with Crippen LogP contribution in [0, 0.1) is 11.3 Å². The lowest BCUT2D eigenvalue weighted by atomic mass is 9.95. The van der Waals surface area contributed by atoms with E-state index < -0.39 is 17.6 Å². The van der Waals surface area contributed by atoms with Crippen LogP contribution < -0.4 is 5.32 Å². The van der Waals surface area contributed by atoms with Crippen LogP contribution in [0.15, 0.2) is 46.4 Å². The number of nitriles is 1. The number of hydrogen-bond acceptors (Lipinski definition) is 3. The summed E-state index contributed by atoms with van der Waals surface area (Å²) in [6.07, 6.45) is 1.89. The summed E-state index contributed by atoms with van der Waals surface area (Å²) in [4.78, 5) is 12.3. The van der Waals surface area contributed by atoms with Gasteiger partial charge in [0.25, 0.3) is 5.91 Å². The summed E-state index contributed by atoms with van der Waals surface area (Å²) in [5, 5.41) is 12.1. The summed E-state index contributed by atoms with van der Waals surface area (Å²) in [6.45, 7) is 0. The molecule has 28 heavy (non-hydrogen) atoms. The van der Waals surface area contributed by atoms with Gasteiger partial charge in [-0.05, 0) is 37.1 Å². The van der Waals surface area contributed by atoms with Crippen molar-refractivity contribution in [2.24, 2.45) is 0 Å². The van der Waals surface area contributed by atoms with E-state index in [1.54, 1.807) is 0 Å². The van der Waals surface area contributed by atoms with Gasteiger partial charge in [0.1, 0.15) is 23.2 Å². The normalized spacial score (nSPS) is 15.9. The van der Waals surface area contributed by atoms with Crippen LogP contribution in [0.1, 0.15) is 43.4 Å². The fraction of sp³-hybridized carbons (Fsp3) is 0.333. The molecule has 0 saturated heterocycles. The molecule has 1 amide bonds. The first-order chi connectivity index (χ1) is 13.4. The van der Waals surface area contributed by atoms with Crippen molar-refractivity contribution >= 4 is 12.0 Å². The van der Waals surface area contributed by atoms with Gasteiger partial charge in [-0.1, -0.05) is 31.4 Å². The number of hydrogen-bond donors (Lipinski definition) is 1. The van der Waals surface area contributed by atoms with Crippen molar-refractivity contribution in [3.8, 4) is 17.4 Å². The number of carbonyl (C=O) groups excluding carboxylic acids is 1. The Morgan fingerprint density at radius 3 is 2.61 bits per heavy atom. The molecule has 146 valence electrons. The van der Waals surface area contributed by atoms with E-state index in [-0.39, 0.29) is 28.7 Å². The quantitative estimate of drug-likeness (QED) is 0.569.